The van der Waals surface area contributed by atoms with E-state index in [-0.39, 0.29) is 45.6 Å². The molecule has 1 atom stereocenters. The second kappa shape index (κ2) is 8.12. The van der Waals surface area contributed by atoms with Crippen LogP contribution in [0.4, 0.5) is 30.8 Å². The molecule has 0 saturated carbocycles. The predicted molar refractivity (Wildman–Crippen MR) is 115 cm³/mol. The van der Waals surface area contributed by atoms with Crippen molar-refractivity contribution in [2.75, 3.05) is 16.8 Å². The number of nitrogens with two attached hydrogens (primary N) is 2. The standard InChI is InChI=1S/C21H15F3N8O/c1-9(28-18-14(8-25)17(26)30-21(27)31-18)19-29-16-13(3-2-4-15(16)24)20(33)32(19)12-6-10(22)5-11(23)7-12/h2-7,9H,1H3,(H5,26,27,28,30,31)/t9-/m0/s1. The second-order valence-corrected chi connectivity index (χ2v) is 7.04. The van der Waals surface area contributed by atoms with E-state index in [1.165, 1.54) is 19.1 Å². The fraction of sp³-hybridized carbons (Fsp3) is 0.0952. The first kappa shape index (κ1) is 21.6. The molecule has 166 valence electrons. The number of para-hydroxylation sites is 1. The molecule has 2 aromatic heterocycles. The molecule has 33 heavy (non-hydrogen) atoms. The molecule has 5 N–H and O–H groups in total. The van der Waals surface area contributed by atoms with Gasteiger partial charge < -0.3 is 16.8 Å². The lowest BCUT2D eigenvalue weighted by Crippen LogP contribution is -2.28. The Morgan fingerprint density at radius 1 is 1.09 bits per heavy atom. The maximum Gasteiger partial charge on any atom is 0.266 e. The van der Waals surface area contributed by atoms with Crippen molar-refractivity contribution in [3.05, 3.63) is 75.6 Å². The van der Waals surface area contributed by atoms with Crippen LogP contribution in [0.15, 0.2) is 41.2 Å². The van der Waals surface area contributed by atoms with Crippen LogP contribution in [-0.4, -0.2) is 19.5 Å². The summed E-state index contributed by atoms with van der Waals surface area (Å²) in [6.07, 6.45) is 0. The zero-order valence-corrected chi connectivity index (χ0v) is 17.0. The highest BCUT2D eigenvalue weighted by Gasteiger charge is 2.22. The average Bonchev–Trinajstić information content (AvgIpc) is 2.73. The number of nitrogen functional groups attached to an aromatic ring is 2. The van der Waals surface area contributed by atoms with Crippen molar-refractivity contribution in [3.63, 3.8) is 0 Å². The van der Waals surface area contributed by atoms with Crippen LogP contribution in [0.1, 0.15) is 24.4 Å². The number of hydrogen-bond donors (Lipinski definition) is 3. The summed E-state index contributed by atoms with van der Waals surface area (Å²) in [4.78, 5) is 25.2. The van der Waals surface area contributed by atoms with Gasteiger partial charge in [0.15, 0.2) is 5.82 Å². The van der Waals surface area contributed by atoms with Gasteiger partial charge in [0.25, 0.3) is 5.56 Å². The summed E-state index contributed by atoms with van der Waals surface area (Å²) in [5.74, 6) is -3.18. The summed E-state index contributed by atoms with van der Waals surface area (Å²) >= 11 is 0. The van der Waals surface area contributed by atoms with Gasteiger partial charge in [-0.25, -0.2) is 18.2 Å². The van der Waals surface area contributed by atoms with E-state index < -0.39 is 29.1 Å². The fourth-order valence-electron chi connectivity index (χ4n) is 3.38. The molecule has 2 heterocycles. The van der Waals surface area contributed by atoms with Crippen molar-refractivity contribution in [1.29, 1.82) is 5.26 Å². The van der Waals surface area contributed by atoms with Gasteiger partial charge in [-0.05, 0) is 31.2 Å². The molecule has 12 heteroatoms. The Balaban J connectivity index is 1.98. The van der Waals surface area contributed by atoms with Gasteiger partial charge in [-0.1, -0.05) is 6.07 Å². The van der Waals surface area contributed by atoms with Crippen LogP contribution in [0.2, 0.25) is 0 Å². The Bertz CT molecular complexity index is 1490. The summed E-state index contributed by atoms with van der Waals surface area (Å²) in [5, 5.41) is 12.1. The second-order valence-electron chi connectivity index (χ2n) is 7.04. The number of nitrogens with one attached hydrogen (secondary N) is 1. The van der Waals surface area contributed by atoms with E-state index in [4.69, 9.17) is 11.5 Å². The molecular weight excluding hydrogens is 437 g/mol. The molecule has 4 aromatic rings. The molecule has 0 radical (unpaired) electrons. The molecule has 2 aromatic carbocycles. The van der Waals surface area contributed by atoms with Crippen molar-refractivity contribution in [3.8, 4) is 11.8 Å². The minimum atomic E-state index is -0.936. The van der Waals surface area contributed by atoms with E-state index in [1.54, 1.807) is 0 Å². The van der Waals surface area contributed by atoms with Crippen molar-refractivity contribution in [2.24, 2.45) is 0 Å². The van der Waals surface area contributed by atoms with E-state index in [0.29, 0.717) is 6.07 Å². The molecule has 4 rings (SSSR count). The molecule has 0 unspecified atom stereocenters. The van der Waals surface area contributed by atoms with Crippen molar-refractivity contribution >= 4 is 28.5 Å². The number of anilines is 3. The Labute approximate surface area is 184 Å². The van der Waals surface area contributed by atoms with Crippen molar-refractivity contribution in [2.45, 2.75) is 13.0 Å². The third-order valence-electron chi connectivity index (χ3n) is 4.79. The van der Waals surface area contributed by atoms with Gasteiger partial charge in [0, 0.05) is 6.07 Å². The van der Waals surface area contributed by atoms with E-state index in [9.17, 15) is 23.2 Å². The average molecular weight is 452 g/mol. The minimum Gasteiger partial charge on any atom is -0.382 e. The van der Waals surface area contributed by atoms with Crippen LogP contribution < -0.4 is 22.3 Å². The number of rotatable bonds is 4. The van der Waals surface area contributed by atoms with Gasteiger partial charge in [-0.2, -0.15) is 15.2 Å². The van der Waals surface area contributed by atoms with Crippen LogP contribution >= 0.6 is 0 Å². The summed E-state index contributed by atoms with van der Waals surface area (Å²) in [6, 6.07) is 7.23. The third-order valence-corrected chi connectivity index (χ3v) is 4.79. The molecule has 0 aliphatic heterocycles. The Morgan fingerprint density at radius 2 is 1.79 bits per heavy atom. The molecule has 0 amide bonds. The molecule has 0 spiro atoms. The lowest BCUT2D eigenvalue weighted by Gasteiger charge is -2.21. The summed E-state index contributed by atoms with van der Waals surface area (Å²) in [5.41, 5.74) is 10.1. The fourth-order valence-corrected chi connectivity index (χ4v) is 3.38. The third kappa shape index (κ3) is 3.87. The first-order valence-electron chi connectivity index (χ1n) is 9.47. The van der Waals surface area contributed by atoms with Gasteiger partial charge in [0.05, 0.1) is 17.1 Å². The largest absolute Gasteiger partial charge is 0.382 e. The molecule has 0 bridgehead atoms. The summed E-state index contributed by atoms with van der Waals surface area (Å²) < 4.78 is 43.3. The smallest absolute Gasteiger partial charge is 0.266 e. The zero-order valence-electron chi connectivity index (χ0n) is 17.0. The van der Waals surface area contributed by atoms with E-state index >= 15 is 0 Å². The lowest BCUT2D eigenvalue weighted by atomic mass is 10.2. The van der Waals surface area contributed by atoms with Gasteiger partial charge >= 0.3 is 0 Å². The van der Waals surface area contributed by atoms with Gasteiger partial charge in [-0.3, -0.25) is 9.36 Å². The number of halogens is 3. The van der Waals surface area contributed by atoms with Crippen LogP contribution in [0.25, 0.3) is 16.6 Å². The van der Waals surface area contributed by atoms with E-state index in [2.05, 4.69) is 20.3 Å². The first-order valence-corrected chi connectivity index (χ1v) is 9.47. The maximum absolute atomic E-state index is 14.5. The Morgan fingerprint density at radius 3 is 2.45 bits per heavy atom. The number of nitrogens with zero attached hydrogens (tertiary/aromatic N) is 5. The Hall–Kier alpha value is -4.66. The zero-order chi connectivity index (χ0) is 23.9. The number of nitriles is 1. The predicted octanol–water partition coefficient (Wildman–Crippen LogP) is 2.80. The highest BCUT2D eigenvalue weighted by molar-refractivity contribution is 5.78. The van der Waals surface area contributed by atoms with Crippen LogP contribution in [0.3, 0.4) is 0 Å². The molecular formula is C21H15F3N8O. The minimum absolute atomic E-state index is 0.0603. The van der Waals surface area contributed by atoms with Crippen molar-refractivity contribution in [1.82, 2.24) is 19.5 Å². The van der Waals surface area contributed by atoms with Crippen LogP contribution in [0.5, 0.6) is 0 Å². The lowest BCUT2D eigenvalue weighted by molar-refractivity contribution is 0.579. The molecule has 9 nitrogen and oxygen atoms in total. The highest BCUT2D eigenvalue weighted by atomic mass is 19.1. The van der Waals surface area contributed by atoms with Gasteiger partial charge in [0.1, 0.15) is 46.2 Å². The maximum atomic E-state index is 14.5. The number of fused-ring (bicyclic) bond motifs is 1. The number of aromatic nitrogens is 4. The van der Waals surface area contributed by atoms with Crippen LogP contribution in [-0.2, 0) is 0 Å². The topological polar surface area (TPSA) is 149 Å². The van der Waals surface area contributed by atoms with E-state index in [0.717, 1.165) is 22.8 Å². The van der Waals surface area contributed by atoms with Gasteiger partial charge in [-0.15, -0.1) is 0 Å². The number of hydrogen-bond acceptors (Lipinski definition) is 8. The van der Waals surface area contributed by atoms with E-state index in [1.807, 2.05) is 6.07 Å². The monoisotopic (exact) mass is 452 g/mol. The highest BCUT2D eigenvalue weighted by Crippen LogP contribution is 2.26. The summed E-state index contributed by atoms with van der Waals surface area (Å²) in [6.45, 7) is 1.52. The molecule has 0 aliphatic carbocycles. The van der Waals surface area contributed by atoms with Crippen molar-refractivity contribution < 1.29 is 13.2 Å². The Kier molecular flexibility index (Phi) is 5.31. The summed E-state index contributed by atoms with van der Waals surface area (Å²) in [7, 11) is 0. The molecule has 0 fully saturated rings. The SMILES string of the molecule is C[C@H](Nc1nc(N)nc(N)c1C#N)c1nc2c(F)cccc2c(=O)n1-c1cc(F)cc(F)c1. The van der Waals surface area contributed by atoms with Crippen LogP contribution in [0, 0.1) is 28.8 Å². The van der Waals surface area contributed by atoms with Gasteiger partial charge in [0.2, 0.25) is 5.95 Å². The normalized spacial score (nSPS) is 11.8. The molecule has 0 saturated heterocycles. The molecule has 0 aliphatic rings. The first-order chi connectivity index (χ1) is 15.7. The number of benzene rings is 2. The quantitative estimate of drug-likeness (QED) is 0.428.